The molecule has 4 aromatic rings. The van der Waals surface area contributed by atoms with Gasteiger partial charge in [-0.25, -0.2) is 0 Å². The van der Waals surface area contributed by atoms with Crippen LogP contribution in [0.3, 0.4) is 0 Å². The molecule has 2 fully saturated rings. The Kier molecular flexibility index (Phi) is 14.9. The molecule has 58 heavy (non-hydrogen) atoms. The van der Waals surface area contributed by atoms with Crippen LogP contribution in [0.2, 0.25) is 9.26 Å². The third-order valence-corrected chi connectivity index (χ3v) is 32.5. The van der Waals surface area contributed by atoms with E-state index in [0.29, 0.717) is 19.1 Å². The minimum atomic E-state index is -3.86. The third kappa shape index (κ3) is 9.27. The normalized spacial score (nSPS) is 20.4. The number of allylic oxidation sites excluding steroid dienone is 2. The van der Waals surface area contributed by atoms with E-state index < -0.39 is 17.4 Å². The molecular weight excluding hydrogens is 839 g/mol. The first-order chi connectivity index (χ1) is 27.0. The molecule has 4 aromatic carbocycles. The number of rotatable bonds is 10. The zero-order valence-corrected chi connectivity index (χ0v) is 42.1. The minimum Gasteiger partial charge on any atom is -0.147 e. The Bertz CT molecular complexity index is 2000. The Morgan fingerprint density at radius 2 is 0.845 bits per heavy atom. The summed E-state index contributed by atoms with van der Waals surface area (Å²) in [5, 5.41) is 0. The molecule has 0 spiro atoms. The molecule has 2 saturated carbocycles. The van der Waals surface area contributed by atoms with Crippen LogP contribution in [0, 0.1) is 11.8 Å². The molecular formula is C54H72Cl2SiZr. The van der Waals surface area contributed by atoms with Gasteiger partial charge in [0.25, 0.3) is 0 Å². The van der Waals surface area contributed by atoms with Gasteiger partial charge in [0.1, 0.15) is 0 Å². The van der Waals surface area contributed by atoms with Crippen LogP contribution in [0.4, 0.5) is 0 Å². The van der Waals surface area contributed by atoms with Gasteiger partial charge in [-0.3, -0.25) is 0 Å². The van der Waals surface area contributed by atoms with E-state index in [2.05, 4.69) is 141 Å². The molecule has 4 aliphatic rings. The van der Waals surface area contributed by atoms with E-state index in [0.717, 1.165) is 11.8 Å². The molecule has 0 radical (unpaired) electrons. The average Bonchev–Trinajstić information content (AvgIpc) is 3.50. The van der Waals surface area contributed by atoms with Crippen LogP contribution in [-0.4, -0.2) is 6.88 Å². The zero-order valence-electron chi connectivity index (χ0n) is 36.6. The van der Waals surface area contributed by atoms with Crippen molar-refractivity contribution < 1.29 is 17.4 Å². The molecule has 0 aliphatic heterocycles. The Labute approximate surface area is 367 Å². The molecule has 2 unspecified atom stereocenters. The summed E-state index contributed by atoms with van der Waals surface area (Å²) >= 11 is -3.86. The van der Waals surface area contributed by atoms with E-state index in [1.165, 1.54) is 123 Å². The second kappa shape index (κ2) is 19.0. The van der Waals surface area contributed by atoms with Gasteiger partial charge >= 0.3 is 346 Å². The third-order valence-electron chi connectivity index (χ3n) is 15.0. The van der Waals surface area contributed by atoms with Crippen LogP contribution in [0.5, 0.6) is 0 Å². The van der Waals surface area contributed by atoms with Crippen molar-refractivity contribution in [2.75, 3.05) is 0 Å². The predicted molar refractivity (Wildman–Crippen MR) is 260 cm³/mol. The van der Waals surface area contributed by atoms with Crippen LogP contribution < -0.4 is 0 Å². The number of halogens is 2. The predicted octanol–water partition coefficient (Wildman–Crippen LogP) is 16.7. The van der Waals surface area contributed by atoms with Gasteiger partial charge in [-0.2, -0.15) is 0 Å². The van der Waals surface area contributed by atoms with E-state index in [1.54, 1.807) is 33.4 Å². The summed E-state index contributed by atoms with van der Waals surface area (Å²) in [4.78, 5) is 0. The minimum absolute atomic E-state index is 0. The first kappa shape index (κ1) is 45.6. The van der Waals surface area contributed by atoms with Crippen LogP contribution in [0.1, 0.15) is 170 Å². The molecule has 0 saturated heterocycles. The smallest absolute Gasteiger partial charge is 0.147 e. The summed E-state index contributed by atoms with van der Waals surface area (Å²) in [5.41, 5.74) is 18.5. The van der Waals surface area contributed by atoms with Crippen molar-refractivity contribution >= 4 is 43.8 Å². The summed E-state index contributed by atoms with van der Waals surface area (Å²) in [6.45, 7) is 11.8. The van der Waals surface area contributed by atoms with Gasteiger partial charge < -0.3 is 0 Å². The standard InChI is InChI=1S/2C26H31.2CH3.2ClH.H2Si.Zr/c2*1-19(2)22-12-14-23(15-13-22)25-11-7-10-24-17-21(18-26(24)25)16-20-8-5-3-4-6-9-20;;;;;;/h2*7,10-15,17-20H,3-6,8-9,16H2,1-2H3;2*1H3;2*1H;1H2;. The molecule has 8 rings (SSSR count). The van der Waals surface area contributed by atoms with Crippen LogP contribution in [0.15, 0.2) is 96.1 Å². The van der Waals surface area contributed by atoms with Crippen molar-refractivity contribution in [2.24, 2.45) is 11.8 Å². The van der Waals surface area contributed by atoms with Crippen molar-refractivity contribution in [3.63, 3.8) is 0 Å². The van der Waals surface area contributed by atoms with Crippen molar-refractivity contribution in [1.82, 2.24) is 0 Å². The molecule has 0 bridgehead atoms. The summed E-state index contributed by atoms with van der Waals surface area (Å²) in [7, 11) is 0. The molecule has 2 atom stereocenters. The van der Waals surface area contributed by atoms with E-state index in [4.69, 9.17) is 0 Å². The maximum Gasteiger partial charge on any atom is -0.147 e. The SMILES string of the molecule is CC(C)c1ccc(-c2cccc3c2C=C(CC2CCCCCC2)[CH]3[Zr]([CH3])([CH3])(=[SiH2])[CH]2C(CC3CCCCCC3)=Cc3c(-c4ccc(C(C)C)cc4)cccc32)cc1.Cl.Cl. The van der Waals surface area contributed by atoms with Crippen LogP contribution >= 0.6 is 24.8 Å². The largest absolute Gasteiger partial charge is 0.147 e. The van der Waals surface area contributed by atoms with Gasteiger partial charge in [-0.1, -0.05) is 0 Å². The van der Waals surface area contributed by atoms with Crippen molar-refractivity contribution in [3.05, 3.63) is 129 Å². The topological polar surface area (TPSA) is 0 Å². The molecule has 0 heterocycles. The number of hydrogen-bond acceptors (Lipinski definition) is 0. The number of fused-ring (bicyclic) bond motifs is 2. The van der Waals surface area contributed by atoms with Crippen molar-refractivity contribution in [3.8, 4) is 22.3 Å². The quantitative estimate of drug-likeness (QED) is 0.110. The van der Waals surface area contributed by atoms with Gasteiger partial charge in [0, 0.05) is 0 Å². The number of hydrogen-bond donors (Lipinski definition) is 0. The van der Waals surface area contributed by atoms with Gasteiger partial charge in [0.2, 0.25) is 0 Å². The molecule has 0 amide bonds. The van der Waals surface area contributed by atoms with Gasteiger partial charge in [0.05, 0.1) is 0 Å². The van der Waals surface area contributed by atoms with Gasteiger partial charge in [-0.05, 0) is 0 Å². The van der Waals surface area contributed by atoms with Crippen molar-refractivity contribution in [1.29, 1.82) is 0 Å². The first-order valence-corrected chi connectivity index (χ1v) is 36.6. The average molecular weight is 911 g/mol. The molecule has 0 N–H and O–H groups in total. The van der Waals surface area contributed by atoms with E-state index in [9.17, 15) is 0 Å². The Balaban J connectivity index is 0.00000283. The first-order valence-electron chi connectivity index (χ1n) is 22.9. The van der Waals surface area contributed by atoms with Crippen molar-refractivity contribution in [2.45, 2.75) is 146 Å². The number of benzene rings is 4. The zero-order chi connectivity index (χ0) is 39.1. The maximum absolute atomic E-state index is 3.86. The van der Waals surface area contributed by atoms with Crippen LogP contribution in [0.25, 0.3) is 34.4 Å². The fourth-order valence-corrected chi connectivity index (χ4v) is 31.8. The Hall–Kier alpha value is -1.96. The molecule has 0 aromatic heterocycles. The fraction of sp³-hybridized carbons (Fsp3) is 0.481. The fourth-order valence-electron chi connectivity index (χ4n) is 12.1. The molecule has 310 valence electrons. The summed E-state index contributed by atoms with van der Waals surface area (Å²) < 4.78 is 6.95. The van der Waals surface area contributed by atoms with Crippen LogP contribution in [-0.2, 0) is 17.4 Å². The molecule has 4 aliphatic carbocycles. The Morgan fingerprint density at radius 3 is 1.17 bits per heavy atom. The van der Waals surface area contributed by atoms with E-state index in [1.807, 2.05) is 0 Å². The Morgan fingerprint density at radius 1 is 0.500 bits per heavy atom. The summed E-state index contributed by atoms with van der Waals surface area (Å²) in [6.07, 6.45) is 25.1. The van der Waals surface area contributed by atoms with E-state index in [-0.39, 0.29) is 24.8 Å². The second-order valence-corrected chi connectivity index (χ2v) is 51.0. The summed E-state index contributed by atoms with van der Waals surface area (Å²) in [5.74, 6) is 2.73. The monoisotopic (exact) mass is 908 g/mol. The summed E-state index contributed by atoms with van der Waals surface area (Å²) in [6, 6.07) is 34.0. The van der Waals surface area contributed by atoms with Gasteiger partial charge in [0.15, 0.2) is 0 Å². The second-order valence-electron chi connectivity index (χ2n) is 20.5. The molecule has 4 heteroatoms. The van der Waals surface area contributed by atoms with Gasteiger partial charge in [-0.15, -0.1) is 24.8 Å². The molecule has 0 nitrogen and oxygen atoms in total. The van der Waals surface area contributed by atoms with E-state index >= 15 is 0 Å². The maximum atomic E-state index is 2.91.